The van der Waals surface area contributed by atoms with Crippen molar-refractivity contribution in [3.05, 3.63) is 47.4 Å². The second-order valence-corrected chi connectivity index (χ2v) is 10.3. The van der Waals surface area contributed by atoms with Gasteiger partial charge >= 0.3 is 12.3 Å². The molecule has 0 spiro atoms. The Labute approximate surface area is 211 Å². The fraction of sp³-hybridized carbons (Fsp3) is 0.455. The largest absolute Gasteiger partial charge is 0.470 e. The van der Waals surface area contributed by atoms with Gasteiger partial charge in [-0.2, -0.15) is 8.78 Å². The fourth-order valence-corrected chi connectivity index (χ4v) is 5.75. The first kappa shape index (κ1) is 27.0. The quantitative estimate of drug-likeness (QED) is 0.456. The number of benzene rings is 1. The Morgan fingerprint density at radius 3 is 2.65 bits per heavy atom. The Balaban J connectivity index is 1.53. The van der Waals surface area contributed by atoms with E-state index in [1.165, 1.54) is 24.9 Å². The first-order valence-corrected chi connectivity index (χ1v) is 11.6. The smallest absolute Gasteiger partial charge is 0.340 e. The second kappa shape index (κ2) is 9.67. The summed E-state index contributed by atoms with van der Waals surface area (Å²) in [5.74, 6) is -8.37. The van der Waals surface area contributed by atoms with Crippen LogP contribution in [0.25, 0.3) is 0 Å². The van der Waals surface area contributed by atoms with Gasteiger partial charge in [0.2, 0.25) is 5.88 Å². The number of rotatable bonds is 9. The highest BCUT2D eigenvalue weighted by molar-refractivity contribution is 8.15. The number of nitrogens with two attached hydrogens (primary N) is 1. The average Bonchev–Trinajstić information content (AvgIpc) is 3.55. The number of fused-ring (bicyclic) bond motifs is 1. The number of hydrogen-bond acceptors (Lipinski definition) is 8. The summed E-state index contributed by atoms with van der Waals surface area (Å²) in [6.45, 7) is 0.332. The number of carbonyl (C=O) groups excluding carboxylic acids is 1. The van der Waals surface area contributed by atoms with E-state index in [0.29, 0.717) is 13.0 Å². The molecule has 15 heteroatoms. The maximum atomic E-state index is 15.0. The van der Waals surface area contributed by atoms with Gasteiger partial charge in [-0.3, -0.25) is 9.79 Å². The number of aliphatic imine (C=N–C) groups is 1. The Hall–Kier alpha value is -3.07. The molecule has 37 heavy (non-hydrogen) atoms. The summed E-state index contributed by atoms with van der Waals surface area (Å²) in [5, 5.41) is 2.57. The number of thioether (sulfide) groups is 1. The van der Waals surface area contributed by atoms with E-state index < -0.39 is 52.7 Å². The Kier molecular flexibility index (Phi) is 7.05. The molecule has 1 aliphatic carbocycles. The maximum absolute atomic E-state index is 15.0. The van der Waals surface area contributed by atoms with Crippen LogP contribution in [0.15, 0.2) is 29.5 Å². The van der Waals surface area contributed by atoms with Crippen molar-refractivity contribution >= 4 is 28.5 Å². The van der Waals surface area contributed by atoms with Gasteiger partial charge in [0, 0.05) is 30.3 Å². The third-order valence-electron chi connectivity index (χ3n) is 6.17. The summed E-state index contributed by atoms with van der Waals surface area (Å²) < 4.78 is 89.3. The van der Waals surface area contributed by atoms with Crippen molar-refractivity contribution in [1.29, 1.82) is 0 Å². The molecule has 1 fully saturated rings. The Morgan fingerprint density at radius 1 is 1.30 bits per heavy atom. The van der Waals surface area contributed by atoms with Crippen molar-refractivity contribution < 1.29 is 40.6 Å². The predicted octanol–water partition coefficient (Wildman–Crippen LogP) is 3.97. The molecule has 2 aliphatic rings. The third-order valence-corrected chi connectivity index (χ3v) is 7.44. The molecular formula is C22H21F6N5O3S. The minimum absolute atomic E-state index is 0.108. The van der Waals surface area contributed by atoms with Crippen LogP contribution in [0.2, 0.25) is 0 Å². The second-order valence-electron chi connectivity index (χ2n) is 8.82. The summed E-state index contributed by atoms with van der Waals surface area (Å²) >= 11 is 1.33. The zero-order valence-electron chi connectivity index (χ0n) is 19.4. The number of carbonyl (C=O) groups is 1. The van der Waals surface area contributed by atoms with Crippen LogP contribution in [-0.4, -0.2) is 58.5 Å². The zero-order chi connectivity index (χ0) is 27.2. The van der Waals surface area contributed by atoms with E-state index in [0.717, 1.165) is 18.5 Å². The van der Waals surface area contributed by atoms with Crippen LogP contribution in [0.1, 0.15) is 29.4 Å². The monoisotopic (exact) mass is 549 g/mol. The predicted molar refractivity (Wildman–Crippen MR) is 122 cm³/mol. The van der Waals surface area contributed by atoms with Gasteiger partial charge in [-0.05, 0) is 19.4 Å². The Morgan fingerprint density at radius 2 is 2.03 bits per heavy atom. The van der Waals surface area contributed by atoms with Crippen LogP contribution >= 0.6 is 11.8 Å². The average molecular weight is 549 g/mol. The SMILES string of the molecule is COC[C@]12CC1[C@@](C)(c1cc(NC(=O)c3cnc(OCC(F)(F)C(F)F)cn3)cc(F)c1F)N=C(N)S2. The number of nitrogens with one attached hydrogen (secondary N) is 1. The fourth-order valence-electron chi connectivity index (χ4n) is 4.30. The van der Waals surface area contributed by atoms with Gasteiger partial charge in [-0.25, -0.2) is 27.5 Å². The van der Waals surface area contributed by atoms with E-state index in [4.69, 9.17) is 10.5 Å². The molecule has 1 aromatic carbocycles. The number of anilines is 1. The van der Waals surface area contributed by atoms with Crippen LogP contribution in [0.5, 0.6) is 5.88 Å². The third kappa shape index (κ3) is 5.19. The van der Waals surface area contributed by atoms with Crippen molar-refractivity contribution in [2.45, 2.75) is 36.0 Å². The number of alkyl halides is 4. The zero-order valence-corrected chi connectivity index (χ0v) is 20.2. The highest BCUT2D eigenvalue weighted by Gasteiger charge is 2.66. The minimum Gasteiger partial charge on any atom is -0.470 e. The molecule has 2 aromatic rings. The minimum atomic E-state index is -4.39. The lowest BCUT2D eigenvalue weighted by Gasteiger charge is -2.34. The number of aromatic nitrogens is 2. The van der Waals surface area contributed by atoms with Crippen LogP contribution < -0.4 is 15.8 Å². The van der Waals surface area contributed by atoms with Crippen molar-refractivity contribution in [3.63, 3.8) is 0 Å². The highest BCUT2D eigenvalue weighted by Crippen LogP contribution is 2.66. The molecule has 1 saturated carbocycles. The summed E-state index contributed by atoms with van der Waals surface area (Å²) in [6, 6.07) is 2.02. The number of nitrogens with zero attached hydrogens (tertiary/aromatic N) is 3. The highest BCUT2D eigenvalue weighted by atomic mass is 32.2. The van der Waals surface area contributed by atoms with Crippen molar-refractivity contribution in [2.75, 3.05) is 25.6 Å². The Bertz CT molecular complexity index is 1230. The van der Waals surface area contributed by atoms with Gasteiger partial charge < -0.3 is 20.5 Å². The van der Waals surface area contributed by atoms with Gasteiger partial charge in [-0.15, -0.1) is 0 Å². The maximum Gasteiger partial charge on any atom is 0.340 e. The van der Waals surface area contributed by atoms with Gasteiger partial charge in [0.25, 0.3) is 5.91 Å². The topological polar surface area (TPSA) is 112 Å². The molecule has 1 unspecified atom stereocenters. The molecule has 3 atom stereocenters. The summed E-state index contributed by atoms with van der Waals surface area (Å²) in [4.78, 5) is 24.3. The van der Waals surface area contributed by atoms with E-state index in [9.17, 15) is 31.1 Å². The van der Waals surface area contributed by atoms with Gasteiger partial charge in [0.05, 0.1) is 29.3 Å². The molecular weight excluding hydrogens is 528 g/mol. The van der Waals surface area contributed by atoms with Gasteiger partial charge in [0.15, 0.2) is 23.4 Å². The van der Waals surface area contributed by atoms with E-state index in [1.807, 2.05) is 0 Å². The number of amides is 1. The number of ether oxygens (including phenoxy) is 2. The lowest BCUT2D eigenvalue weighted by atomic mass is 9.85. The van der Waals surface area contributed by atoms with Crippen LogP contribution in [0.4, 0.5) is 32.0 Å². The van der Waals surface area contributed by atoms with Crippen LogP contribution in [-0.2, 0) is 10.3 Å². The molecule has 1 aromatic heterocycles. The summed E-state index contributed by atoms with van der Waals surface area (Å²) in [5.41, 5.74) is 4.23. The van der Waals surface area contributed by atoms with Crippen molar-refractivity contribution in [1.82, 2.24) is 9.97 Å². The molecule has 0 saturated heterocycles. The molecule has 8 nitrogen and oxygen atoms in total. The molecule has 4 rings (SSSR count). The number of hydrogen-bond donors (Lipinski definition) is 2. The molecule has 3 N–H and O–H groups in total. The van der Waals surface area contributed by atoms with Gasteiger partial charge in [-0.1, -0.05) is 11.8 Å². The molecule has 1 amide bonds. The standard InChI is InChI=1S/C22H21F6N5O3S/c1-20(14-5-21(14,8-35-2)37-19(29)33-20)11-3-10(4-12(23)16(11)24)32-17(34)13-6-31-15(7-30-13)36-9-22(27,28)18(25)26/h3-4,6-7,14,18H,5,8-9H2,1-2H3,(H2,29,33)(H,32,34)/t14?,20-,21-/m1/s1. The molecule has 2 heterocycles. The number of amidine groups is 1. The van der Waals surface area contributed by atoms with E-state index in [1.54, 1.807) is 6.92 Å². The summed E-state index contributed by atoms with van der Waals surface area (Å²) in [6.07, 6.45) is -1.69. The lowest BCUT2D eigenvalue weighted by molar-refractivity contribution is -0.148. The number of methoxy groups -OCH3 is 1. The number of halogens is 6. The lowest BCUT2D eigenvalue weighted by Crippen LogP contribution is -2.38. The van der Waals surface area contributed by atoms with Crippen LogP contribution in [0.3, 0.4) is 0 Å². The van der Waals surface area contributed by atoms with Crippen molar-refractivity contribution in [3.8, 4) is 5.88 Å². The molecule has 1 aliphatic heterocycles. The van der Waals surface area contributed by atoms with E-state index >= 15 is 0 Å². The normalized spacial score (nSPS) is 24.9. The van der Waals surface area contributed by atoms with E-state index in [2.05, 4.69) is 25.0 Å². The first-order valence-electron chi connectivity index (χ1n) is 10.8. The van der Waals surface area contributed by atoms with Gasteiger partial charge in [0.1, 0.15) is 5.69 Å². The van der Waals surface area contributed by atoms with Crippen LogP contribution in [0, 0.1) is 17.6 Å². The summed E-state index contributed by atoms with van der Waals surface area (Å²) in [7, 11) is 1.53. The molecule has 200 valence electrons. The molecule has 0 radical (unpaired) electrons. The first-order chi connectivity index (χ1) is 17.3. The van der Waals surface area contributed by atoms with E-state index in [-0.39, 0.29) is 28.0 Å². The van der Waals surface area contributed by atoms with Crippen molar-refractivity contribution in [2.24, 2.45) is 16.6 Å². The molecule has 0 bridgehead atoms.